The van der Waals surface area contributed by atoms with Gasteiger partial charge in [-0.1, -0.05) is 26.3 Å². The van der Waals surface area contributed by atoms with Crippen LogP contribution < -0.4 is 11.3 Å². The van der Waals surface area contributed by atoms with Crippen LogP contribution in [0.4, 0.5) is 13.2 Å². The molecular weight excluding hydrogens is 217 g/mol. The second-order valence-corrected chi connectivity index (χ2v) is 3.79. The lowest BCUT2D eigenvalue weighted by Gasteiger charge is -2.23. The highest BCUT2D eigenvalue weighted by Gasteiger charge is 2.23. The highest BCUT2D eigenvalue weighted by atomic mass is 19.2. The van der Waals surface area contributed by atoms with E-state index in [-0.39, 0.29) is 11.5 Å². The number of hydrogen-bond donors (Lipinski definition) is 2. The lowest BCUT2D eigenvalue weighted by atomic mass is 9.92. The van der Waals surface area contributed by atoms with Crippen LogP contribution in [0.3, 0.4) is 0 Å². The van der Waals surface area contributed by atoms with Crippen molar-refractivity contribution < 1.29 is 13.2 Å². The van der Waals surface area contributed by atoms with Crippen LogP contribution >= 0.6 is 0 Å². The smallest absolute Gasteiger partial charge is 0.194 e. The minimum absolute atomic E-state index is 0.0179. The van der Waals surface area contributed by atoms with Crippen molar-refractivity contribution in [1.82, 2.24) is 5.43 Å². The number of benzene rings is 1. The summed E-state index contributed by atoms with van der Waals surface area (Å²) in [5, 5.41) is 0. The van der Waals surface area contributed by atoms with Crippen molar-refractivity contribution in [3.05, 3.63) is 35.1 Å². The molecule has 2 atom stereocenters. The molecule has 0 spiro atoms. The zero-order chi connectivity index (χ0) is 12.3. The van der Waals surface area contributed by atoms with E-state index in [1.54, 1.807) is 0 Å². The molecule has 0 aliphatic rings. The predicted molar refractivity (Wildman–Crippen MR) is 55.8 cm³/mol. The molecule has 0 bridgehead atoms. The Balaban J connectivity index is 3.16. The first-order valence-electron chi connectivity index (χ1n) is 5.12. The van der Waals surface area contributed by atoms with Gasteiger partial charge in [-0.2, -0.15) is 0 Å². The lowest BCUT2D eigenvalue weighted by molar-refractivity contribution is 0.358. The van der Waals surface area contributed by atoms with Crippen molar-refractivity contribution in [3.63, 3.8) is 0 Å². The van der Waals surface area contributed by atoms with E-state index in [1.807, 2.05) is 13.8 Å². The normalized spacial score (nSPS) is 14.9. The summed E-state index contributed by atoms with van der Waals surface area (Å²) >= 11 is 0. The van der Waals surface area contributed by atoms with E-state index in [0.717, 1.165) is 12.5 Å². The molecule has 1 rings (SSSR count). The quantitative estimate of drug-likeness (QED) is 0.476. The summed E-state index contributed by atoms with van der Waals surface area (Å²) in [6.07, 6.45) is 0.743. The van der Waals surface area contributed by atoms with E-state index in [0.29, 0.717) is 0 Å². The maximum Gasteiger partial charge on any atom is 0.194 e. The minimum Gasteiger partial charge on any atom is -0.271 e. The Morgan fingerprint density at radius 2 is 1.88 bits per heavy atom. The van der Waals surface area contributed by atoms with Gasteiger partial charge in [-0.05, 0) is 12.0 Å². The number of nitrogens with one attached hydrogen (secondary N) is 1. The molecule has 0 aliphatic carbocycles. The monoisotopic (exact) mass is 232 g/mol. The van der Waals surface area contributed by atoms with Gasteiger partial charge in [0, 0.05) is 5.56 Å². The fraction of sp³-hybridized carbons (Fsp3) is 0.455. The first-order valence-corrected chi connectivity index (χ1v) is 5.12. The first kappa shape index (κ1) is 13.0. The molecule has 90 valence electrons. The minimum atomic E-state index is -1.46. The van der Waals surface area contributed by atoms with Crippen molar-refractivity contribution in [2.45, 2.75) is 26.3 Å². The summed E-state index contributed by atoms with van der Waals surface area (Å²) in [7, 11) is 0. The summed E-state index contributed by atoms with van der Waals surface area (Å²) in [4.78, 5) is 0. The zero-order valence-corrected chi connectivity index (χ0v) is 9.23. The van der Waals surface area contributed by atoms with Crippen LogP contribution in [0, 0.1) is 23.4 Å². The predicted octanol–water partition coefficient (Wildman–Crippen LogP) is 2.65. The molecule has 0 aliphatic heterocycles. The fourth-order valence-electron chi connectivity index (χ4n) is 1.58. The number of hydrogen-bond acceptors (Lipinski definition) is 2. The van der Waals surface area contributed by atoms with Gasteiger partial charge >= 0.3 is 0 Å². The molecule has 5 heteroatoms. The van der Waals surface area contributed by atoms with E-state index in [4.69, 9.17) is 5.84 Å². The molecule has 0 heterocycles. The van der Waals surface area contributed by atoms with Crippen LogP contribution in [-0.2, 0) is 0 Å². The molecule has 3 N–H and O–H groups in total. The third kappa shape index (κ3) is 2.36. The van der Waals surface area contributed by atoms with Gasteiger partial charge in [0.1, 0.15) is 0 Å². The average molecular weight is 232 g/mol. The Morgan fingerprint density at radius 1 is 1.25 bits per heavy atom. The van der Waals surface area contributed by atoms with Crippen molar-refractivity contribution in [1.29, 1.82) is 0 Å². The van der Waals surface area contributed by atoms with Gasteiger partial charge in [0.25, 0.3) is 0 Å². The van der Waals surface area contributed by atoms with Gasteiger partial charge in [-0.25, -0.2) is 13.2 Å². The first-order chi connectivity index (χ1) is 7.52. The second kappa shape index (κ2) is 5.32. The van der Waals surface area contributed by atoms with Crippen LogP contribution in [0.15, 0.2) is 12.1 Å². The van der Waals surface area contributed by atoms with Gasteiger partial charge in [-0.15, -0.1) is 0 Å². The Kier molecular flexibility index (Phi) is 4.32. The van der Waals surface area contributed by atoms with Gasteiger partial charge in [0.15, 0.2) is 17.5 Å². The highest BCUT2D eigenvalue weighted by Crippen LogP contribution is 2.27. The van der Waals surface area contributed by atoms with Crippen LogP contribution in [0.2, 0.25) is 0 Å². The SMILES string of the molecule is CCC(C)C(NN)c1ccc(F)c(F)c1F. The molecule has 1 aromatic rings. The van der Waals surface area contributed by atoms with E-state index >= 15 is 0 Å². The van der Waals surface area contributed by atoms with E-state index in [9.17, 15) is 13.2 Å². The van der Waals surface area contributed by atoms with Gasteiger partial charge in [0.05, 0.1) is 6.04 Å². The Bertz CT molecular complexity index is 368. The molecule has 0 aromatic heterocycles. The Hall–Kier alpha value is -1.07. The summed E-state index contributed by atoms with van der Waals surface area (Å²) < 4.78 is 39.3. The molecule has 16 heavy (non-hydrogen) atoms. The maximum absolute atomic E-state index is 13.5. The molecule has 0 amide bonds. The third-order valence-corrected chi connectivity index (χ3v) is 2.79. The molecular formula is C11H15F3N2. The highest BCUT2D eigenvalue weighted by molar-refractivity contribution is 5.24. The van der Waals surface area contributed by atoms with E-state index in [2.05, 4.69) is 5.43 Å². The number of halogens is 3. The van der Waals surface area contributed by atoms with Gasteiger partial charge in [-0.3, -0.25) is 11.3 Å². The molecule has 2 nitrogen and oxygen atoms in total. The van der Waals surface area contributed by atoms with Crippen LogP contribution in [0.5, 0.6) is 0 Å². The molecule has 0 radical (unpaired) electrons. The Labute approximate surface area is 92.6 Å². The zero-order valence-electron chi connectivity index (χ0n) is 9.23. The Morgan fingerprint density at radius 3 is 2.38 bits per heavy atom. The summed E-state index contributed by atoms with van der Waals surface area (Å²) in [5.74, 6) is 1.50. The molecule has 1 aromatic carbocycles. The van der Waals surface area contributed by atoms with Gasteiger partial charge in [0.2, 0.25) is 0 Å². The van der Waals surface area contributed by atoms with E-state index < -0.39 is 23.5 Å². The summed E-state index contributed by atoms with van der Waals surface area (Å²) in [5.41, 5.74) is 2.48. The van der Waals surface area contributed by atoms with Crippen molar-refractivity contribution in [2.24, 2.45) is 11.8 Å². The number of nitrogens with two attached hydrogens (primary N) is 1. The average Bonchev–Trinajstić information content (AvgIpc) is 2.29. The number of hydrazine groups is 1. The van der Waals surface area contributed by atoms with Crippen LogP contribution in [0.25, 0.3) is 0 Å². The maximum atomic E-state index is 13.5. The van der Waals surface area contributed by atoms with Crippen molar-refractivity contribution >= 4 is 0 Å². The summed E-state index contributed by atoms with van der Waals surface area (Å²) in [6.45, 7) is 3.76. The standard InChI is InChI=1S/C11H15F3N2/c1-3-6(2)11(16-15)7-4-5-8(12)10(14)9(7)13/h4-6,11,16H,3,15H2,1-2H3. The lowest BCUT2D eigenvalue weighted by Crippen LogP contribution is -2.33. The van der Waals surface area contributed by atoms with E-state index in [1.165, 1.54) is 6.07 Å². The van der Waals surface area contributed by atoms with Crippen LogP contribution in [-0.4, -0.2) is 0 Å². The summed E-state index contributed by atoms with van der Waals surface area (Å²) in [6, 6.07) is 1.59. The van der Waals surface area contributed by atoms with Crippen molar-refractivity contribution in [2.75, 3.05) is 0 Å². The molecule has 0 fully saturated rings. The fourth-order valence-corrected chi connectivity index (χ4v) is 1.58. The van der Waals surface area contributed by atoms with Crippen LogP contribution in [0.1, 0.15) is 31.9 Å². The molecule has 0 saturated carbocycles. The van der Waals surface area contributed by atoms with Gasteiger partial charge < -0.3 is 0 Å². The molecule has 0 saturated heterocycles. The topological polar surface area (TPSA) is 38.0 Å². The van der Waals surface area contributed by atoms with Crippen molar-refractivity contribution in [3.8, 4) is 0 Å². The largest absolute Gasteiger partial charge is 0.271 e. The second-order valence-electron chi connectivity index (χ2n) is 3.79. The number of rotatable bonds is 4. The third-order valence-electron chi connectivity index (χ3n) is 2.79. The molecule has 2 unspecified atom stereocenters.